The summed E-state index contributed by atoms with van der Waals surface area (Å²) >= 11 is 5.97. The molecule has 0 N–H and O–H groups in total. The maximum atomic E-state index is 12.7. The summed E-state index contributed by atoms with van der Waals surface area (Å²) in [5.74, 6) is 0. The number of hydrogen-bond donors (Lipinski definition) is 0. The fourth-order valence-electron chi connectivity index (χ4n) is 1.28. The number of halogens is 4. The molecule has 1 aromatic carbocycles. The van der Waals surface area contributed by atoms with Crippen LogP contribution in [0.3, 0.4) is 0 Å². The van der Waals surface area contributed by atoms with Gasteiger partial charge in [0.05, 0.1) is 5.69 Å². The molecule has 0 bridgehead atoms. The summed E-state index contributed by atoms with van der Waals surface area (Å²) in [6, 6.07) is 8.18. The molecule has 1 heterocycles. The normalized spacial score (nSPS) is 11.8. The van der Waals surface area contributed by atoms with Gasteiger partial charge in [-0.25, -0.2) is 4.98 Å². The Morgan fingerprint density at radius 3 is 2.31 bits per heavy atom. The first kappa shape index (κ1) is 11.4. The van der Waals surface area contributed by atoms with Gasteiger partial charge in [0.25, 0.3) is 0 Å². The minimum Gasteiger partial charge on any atom is -0.224 e. The zero-order valence-electron chi connectivity index (χ0n) is 7.75. The number of hydrogen-bond acceptors (Lipinski definition) is 2. The van der Waals surface area contributed by atoms with Crippen LogP contribution in [-0.2, 0) is 6.18 Å². The number of aromatic nitrogens is 1. The monoisotopic (exact) mass is 263 g/mol. The molecule has 0 aliphatic carbocycles. The van der Waals surface area contributed by atoms with Crippen LogP contribution in [0.5, 0.6) is 0 Å². The molecule has 0 atom stereocenters. The van der Waals surface area contributed by atoms with E-state index in [-0.39, 0.29) is 10.2 Å². The summed E-state index contributed by atoms with van der Waals surface area (Å²) in [7, 11) is 0. The van der Waals surface area contributed by atoms with Crippen LogP contribution in [0.4, 0.5) is 13.2 Å². The Bertz CT molecular complexity index is 493. The highest BCUT2D eigenvalue weighted by molar-refractivity contribution is 7.16. The molecule has 84 valence electrons. The Morgan fingerprint density at radius 2 is 1.75 bits per heavy atom. The van der Waals surface area contributed by atoms with Crippen molar-refractivity contribution in [1.82, 2.24) is 4.98 Å². The maximum Gasteiger partial charge on any atom is 0.427 e. The number of nitrogens with zero attached hydrogens (tertiary/aromatic N) is 1. The van der Waals surface area contributed by atoms with Gasteiger partial charge in [0.1, 0.15) is 4.88 Å². The smallest absolute Gasteiger partial charge is 0.224 e. The summed E-state index contributed by atoms with van der Waals surface area (Å²) in [6.07, 6.45) is -4.42. The number of thiazole rings is 1. The summed E-state index contributed by atoms with van der Waals surface area (Å²) < 4.78 is 37.9. The lowest BCUT2D eigenvalue weighted by atomic mass is 10.1. The first-order valence-corrected chi connectivity index (χ1v) is 5.47. The molecule has 0 aliphatic rings. The first-order chi connectivity index (χ1) is 7.48. The molecule has 1 nitrogen and oxygen atoms in total. The highest BCUT2D eigenvalue weighted by atomic mass is 35.5. The second-order valence-corrected chi connectivity index (χ2v) is 4.59. The summed E-state index contributed by atoms with van der Waals surface area (Å²) in [5, 5.41) is 0. The van der Waals surface area contributed by atoms with Gasteiger partial charge in [-0.05, 0) is 0 Å². The van der Waals surface area contributed by atoms with E-state index >= 15 is 0 Å². The minimum atomic E-state index is -4.42. The molecule has 0 spiro atoms. The first-order valence-electron chi connectivity index (χ1n) is 4.27. The quantitative estimate of drug-likeness (QED) is 0.739. The molecule has 6 heteroatoms. The van der Waals surface area contributed by atoms with Crippen molar-refractivity contribution in [3.05, 3.63) is 39.7 Å². The molecule has 2 rings (SSSR count). The molecule has 1 aromatic heterocycles. The van der Waals surface area contributed by atoms with Gasteiger partial charge in [0, 0.05) is 5.56 Å². The number of rotatable bonds is 1. The van der Waals surface area contributed by atoms with Crippen molar-refractivity contribution < 1.29 is 13.2 Å². The average molecular weight is 264 g/mol. The summed E-state index contributed by atoms with van der Waals surface area (Å²) in [6.45, 7) is 0. The highest BCUT2D eigenvalue weighted by Gasteiger charge is 2.37. The summed E-state index contributed by atoms with van der Waals surface area (Å²) in [4.78, 5) is 2.95. The fourth-order valence-corrected chi connectivity index (χ4v) is 2.28. The topological polar surface area (TPSA) is 12.9 Å². The van der Waals surface area contributed by atoms with E-state index in [1.165, 1.54) is 0 Å². The van der Waals surface area contributed by atoms with Crippen LogP contribution in [0.2, 0.25) is 4.47 Å². The number of alkyl halides is 3. The van der Waals surface area contributed by atoms with Crippen molar-refractivity contribution in [2.24, 2.45) is 0 Å². The number of benzene rings is 1. The molecule has 2 aromatic rings. The lowest BCUT2D eigenvalue weighted by Gasteiger charge is -2.05. The third kappa shape index (κ3) is 2.20. The van der Waals surface area contributed by atoms with E-state index < -0.39 is 11.1 Å². The average Bonchev–Trinajstić information content (AvgIpc) is 2.61. The van der Waals surface area contributed by atoms with E-state index in [0.29, 0.717) is 16.9 Å². The van der Waals surface area contributed by atoms with Gasteiger partial charge >= 0.3 is 6.18 Å². The van der Waals surface area contributed by atoms with Crippen molar-refractivity contribution in [3.8, 4) is 11.3 Å². The Morgan fingerprint density at radius 1 is 1.12 bits per heavy atom. The van der Waals surface area contributed by atoms with Gasteiger partial charge < -0.3 is 0 Å². The predicted molar refractivity (Wildman–Crippen MR) is 57.6 cm³/mol. The van der Waals surface area contributed by atoms with Gasteiger partial charge in [0.2, 0.25) is 0 Å². The lowest BCUT2D eigenvalue weighted by Crippen LogP contribution is -2.03. The predicted octanol–water partition coefficient (Wildman–Crippen LogP) is 4.48. The standard InChI is InChI=1S/C10H5ClF3NS/c11-9-15-7(6-4-2-1-3-5-6)8(16-9)10(12,13)14/h1-5H. The third-order valence-corrected chi connectivity index (χ3v) is 3.11. The third-order valence-electron chi connectivity index (χ3n) is 1.91. The van der Waals surface area contributed by atoms with Crippen molar-refractivity contribution in [1.29, 1.82) is 0 Å². The summed E-state index contributed by atoms with van der Waals surface area (Å²) in [5.41, 5.74) is 0.307. The van der Waals surface area contributed by atoms with Gasteiger partial charge in [0.15, 0.2) is 4.47 Å². The molecule has 0 saturated heterocycles. The van der Waals surface area contributed by atoms with E-state index in [1.807, 2.05) is 0 Å². The van der Waals surface area contributed by atoms with E-state index in [0.717, 1.165) is 0 Å². The van der Waals surface area contributed by atoms with Crippen LogP contribution < -0.4 is 0 Å². The van der Waals surface area contributed by atoms with Crippen LogP contribution in [0.15, 0.2) is 30.3 Å². The van der Waals surface area contributed by atoms with Gasteiger partial charge in [-0.1, -0.05) is 53.3 Å². The molecule has 0 radical (unpaired) electrons. The zero-order valence-corrected chi connectivity index (χ0v) is 9.33. The van der Waals surface area contributed by atoms with E-state index in [2.05, 4.69) is 4.98 Å². The molecular formula is C10H5ClF3NS. The van der Waals surface area contributed by atoms with Crippen LogP contribution in [0.25, 0.3) is 11.3 Å². The molecule has 16 heavy (non-hydrogen) atoms. The highest BCUT2D eigenvalue weighted by Crippen LogP contribution is 2.41. The SMILES string of the molecule is FC(F)(F)c1sc(Cl)nc1-c1ccccc1. The molecule has 0 aliphatic heterocycles. The van der Waals surface area contributed by atoms with Gasteiger partial charge in [-0.15, -0.1) is 0 Å². The van der Waals surface area contributed by atoms with E-state index in [4.69, 9.17) is 11.6 Å². The molecule has 0 unspecified atom stereocenters. The minimum absolute atomic E-state index is 0.105. The second kappa shape index (κ2) is 4.07. The van der Waals surface area contributed by atoms with E-state index in [9.17, 15) is 13.2 Å². The Hall–Kier alpha value is -1.07. The Balaban J connectivity index is 2.58. The van der Waals surface area contributed by atoms with E-state index in [1.54, 1.807) is 30.3 Å². The molecule has 0 amide bonds. The molecule has 0 fully saturated rings. The molecular weight excluding hydrogens is 259 g/mol. The van der Waals surface area contributed by atoms with Crippen LogP contribution in [-0.4, -0.2) is 4.98 Å². The molecule has 0 saturated carbocycles. The second-order valence-electron chi connectivity index (χ2n) is 3.01. The largest absolute Gasteiger partial charge is 0.427 e. The van der Waals surface area contributed by atoms with Crippen molar-refractivity contribution >= 4 is 22.9 Å². The zero-order chi connectivity index (χ0) is 11.8. The van der Waals surface area contributed by atoms with Gasteiger partial charge in [-0.2, -0.15) is 13.2 Å². The Labute approximate surface area is 98.5 Å². The van der Waals surface area contributed by atoms with Gasteiger partial charge in [-0.3, -0.25) is 0 Å². The van der Waals surface area contributed by atoms with Crippen LogP contribution in [0, 0.1) is 0 Å². The maximum absolute atomic E-state index is 12.7. The van der Waals surface area contributed by atoms with Crippen molar-refractivity contribution in [2.45, 2.75) is 6.18 Å². The lowest BCUT2D eigenvalue weighted by molar-refractivity contribution is -0.134. The van der Waals surface area contributed by atoms with Crippen LogP contribution in [0.1, 0.15) is 4.88 Å². The van der Waals surface area contributed by atoms with Crippen molar-refractivity contribution in [2.75, 3.05) is 0 Å². The van der Waals surface area contributed by atoms with Crippen LogP contribution >= 0.6 is 22.9 Å². The van der Waals surface area contributed by atoms with Crippen molar-refractivity contribution in [3.63, 3.8) is 0 Å². The fraction of sp³-hybridized carbons (Fsp3) is 0.100. The Kier molecular flexibility index (Phi) is 2.90.